The van der Waals surface area contributed by atoms with Gasteiger partial charge in [0.05, 0.1) is 12.3 Å². The topological polar surface area (TPSA) is 23.5 Å². The molecule has 0 unspecified atom stereocenters. The van der Waals surface area contributed by atoms with Crippen molar-refractivity contribution in [1.29, 1.82) is 0 Å². The van der Waals surface area contributed by atoms with Crippen LogP contribution in [0.1, 0.15) is 31.2 Å². The van der Waals surface area contributed by atoms with Crippen molar-refractivity contribution in [2.24, 2.45) is 5.92 Å². The summed E-state index contributed by atoms with van der Waals surface area (Å²) in [6, 6.07) is 4.89. The van der Waals surface area contributed by atoms with Gasteiger partial charge in [0, 0.05) is 19.2 Å². The summed E-state index contributed by atoms with van der Waals surface area (Å²) in [5, 5.41) is 9.26. The van der Waals surface area contributed by atoms with Crippen LogP contribution in [-0.2, 0) is 6.61 Å². The zero-order chi connectivity index (χ0) is 12.3. The van der Waals surface area contributed by atoms with E-state index in [0.717, 1.165) is 6.54 Å². The molecule has 0 radical (unpaired) electrons. The third-order valence-electron chi connectivity index (χ3n) is 3.63. The predicted molar refractivity (Wildman–Crippen MR) is 67.6 cm³/mol. The van der Waals surface area contributed by atoms with Gasteiger partial charge in [-0.3, -0.25) is 0 Å². The first-order valence-corrected chi connectivity index (χ1v) is 6.31. The van der Waals surface area contributed by atoms with Crippen molar-refractivity contribution in [2.45, 2.75) is 32.3 Å². The van der Waals surface area contributed by atoms with E-state index in [9.17, 15) is 9.50 Å². The fraction of sp³-hybridized carbons (Fsp3) is 0.571. The summed E-state index contributed by atoms with van der Waals surface area (Å²) >= 11 is 0. The van der Waals surface area contributed by atoms with Gasteiger partial charge >= 0.3 is 0 Å². The van der Waals surface area contributed by atoms with Crippen LogP contribution >= 0.6 is 0 Å². The number of nitrogens with zero attached hydrogens (tertiary/aromatic N) is 1. The van der Waals surface area contributed by atoms with Crippen LogP contribution in [0.2, 0.25) is 0 Å². The summed E-state index contributed by atoms with van der Waals surface area (Å²) in [5.74, 6) is 0.434. The Morgan fingerprint density at radius 2 is 2.06 bits per heavy atom. The van der Waals surface area contributed by atoms with Gasteiger partial charge in [0.2, 0.25) is 0 Å². The molecule has 0 spiro atoms. The molecule has 0 aliphatic heterocycles. The quantitative estimate of drug-likeness (QED) is 0.870. The van der Waals surface area contributed by atoms with Crippen LogP contribution < -0.4 is 4.90 Å². The van der Waals surface area contributed by atoms with Gasteiger partial charge in [0.1, 0.15) is 5.82 Å². The summed E-state index contributed by atoms with van der Waals surface area (Å²) in [5.41, 5.74) is 1.23. The van der Waals surface area contributed by atoms with Crippen LogP contribution in [-0.4, -0.2) is 18.7 Å². The molecule has 1 fully saturated rings. The number of para-hydroxylation sites is 1. The van der Waals surface area contributed by atoms with E-state index in [1.807, 2.05) is 11.9 Å². The first kappa shape index (κ1) is 12.4. The molecule has 1 saturated carbocycles. The third-order valence-corrected chi connectivity index (χ3v) is 3.63. The highest BCUT2D eigenvalue weighted by atomic mass is 19.1. The fourth-order valence-electron chi connectivity index (χ4n) is 2.79. The zero-order valence-electron chi connectivity index (χ0n) is 10.3. The van der Waals surface area contributed by atoms with Crippen LogP contribution in [0.3, 0.4) is 0 Å². The normalized spacial score (nSPS) is 16.4. The molecule has 2 rings (SSSR count). The van der Waals surface area contributed by atoms with Crippen molar-refractivity contribution in [3.8, 4) is 0 Å². The number of hydrogen-bond acceptors (Lipinski definition) is 2. The standard InChI is InChI=1S/C14H20FNO/c1-16(9-11-5-2-3-6-11)14-12(10-17)7-4-8-13(14)15/h4,7-8,11,17H,2-3,5-6,9-10H2,1H3. The second kappa shape index (κ2) is 5.50. The lowest BCUT2D eigenvalue weighted by Crippen LogP contribution is -2.26. The Labute approximate surface area is 102 Å². The second-order valence-corrected chi connectivity index (χ2v) is 4.94. The monoisotopic (exact) mass is 237 g/mol. The number of hydrogen-bond donors (Lipinski definition) is 1. The molecule has 0 aromatic heterocycles. The maximum absolute atomic E-state index is 13.8. The first-order chi connectivity index (χ1) is 8.22. The van der Waals surface area contributed by atoms with Crippen LogP contribution in [0.15, 0.2) is 18.2 Å². The van der Waals surface area contributed by atoms with E-state index in [1.165, 1.54) is 31.7 Å². The van der Waals surface area contributed by atoms with Crippen molar-refractivity contribution in [1.82, 2.24) is 0 Å². The lowest BCUT2D eigenvalue weighted by Gasteiger charge is -2.25. The Hall–Kier alpha value is -1.09. The average molecular weight is 237 g/mol. The summed E-state index contributed by atoms with van der Waals surface area (Å²) in [6.07, 6.45) is 5.08. The third kappa shape index (κ3) is 2.78. The summed E-state index contributed by atoms with van der Waals surface area (Å²) in [6.45, 7) is 0.774. The van der Waals surface area contributed by atoms with Gasteiger partial charge in [-0.1, -0.05) is 25.0 Å². The van der Waals surface area contributed by atoms with Gasteiger partial charge in [0.25, 0.3) is 0 Å². The molecule has 0 atom stereocenters. The minimum Gasteiger partial charge on any atom is -0.392 e. The molecule has 0 bridgehead atoms. The molecule has 1 aliphatic rings. The molecule has 2 nitrogen and oxygen atoms in total. The van der Waals surface area contributed by atoms with Crippen LogP contribution in [0.25, 0.3) is 0 Å². The number of aliphatic hydroxyl groups excluding tert-OH is 1. The Morgan fingerprint density at radius 3 is 2.71 bits per heavy atom. The van der Waals surface area contributed by atoms with E-state index in [-0.39, 0.29) is 12.4 Å². The Bertz CT molecular complexity index is 374. The minimum absolute atomic E-state index is 0.109. The van der Waals surface area contributed by atoms with Gasteiger partial charge in [-0.25, -0.2) is 4.39 Å². The van der Waals surface area contributed by atoms with E-state index < -0.39 is 0 Å². The molecule has 1 N–H and O–H groups in total. The molecule has 3 heteroatoms. The molecule has 1 aliphatic carbocycles. The molecule has 17 heavy (non-hydrogen) atoms. The lowest BCUT2D eigenvalue weighted by molar-refractivity contribution is 0.281. The molecule has 94 valence electrons. The van der Waals surface area contributed by atoms with Crippen molar-refractivity contribution < 1.29 is 9.50 Å². The van der Waals surface area contributed by atoms with Gasteiger partial charge in [-0.2, -0.15) is 0 Å². The van der Waals surface area contributed by atoms with E-state index >= 15 is 0 Å². The SMILES string of the molecule is CN(CC1CCCC1)c1c(F)cccc1CO. The highest BCUT2D eigenvalue weighted by molar-refractivity contribution is 5.54. The van der Waals surface area contributed by atoms with Gasteiger partial charge in [0.15, 0.2) is 0 Å². The predicted octanol–water partition coefficient (Wildman–Crippen LogP) is 2.94. The van der Waals surface area contributed by atoms with Crippen LogP contribution in [0.4, 0.5) is 10.1 Å². The highest BCUT2D eigenvalue weighted by Crippen LogP contribution is 2.29. The van der Waals surface area contributed by atoms with Crippen LogP contribution in [0.5, 0.6) is 0 Å². The highest BCUT2D eigenvalue weighted by Gasteiger charge is 2.19. The number of rotatable bonds is 4. The maximum Gasteiger partial charge on any atom is 0.146 e. The average Bonchev–Trinajstić information content (AvgIpc) is 2.81. The van der Waals surface area contributed by atoms with E-state index in [1.54, 1.807) is 12.1 Å². The summed E-state index contributed by atoms with van der Waals surface area (Å²) in [4.78, 5) is 1.96. The molecule has 0 amide bonds. The van der Waals surface area contributed by atoms with E-state index in [0.29, 0.717) is 17.2 Å². The molecule has 1 aromatic rings. The van der Waals surface area contributed by atoms with Crippen molar-refractivity contribution in [3.05, 3.63) is 29.6 Å². The molecule has 0 saturated heterocycles. The number of halogens is 1. The maximum atomic E-state index is 13.8. The van der Waals surface area contributed by atoms with Crippen molar-refractivity contribution in [3.63, 3.8) is 0 Å². The van der Waals surface area contributed by atoms with Crippen molar-refractivity contribution in [2.75, 3.05) is 18.5 Å². The van der Waals surface area contributed by atoms with E-state index in [2.05, 4.69) is 0 Å². The number of aliphatic hydroxyl groups is 1. The second-order valence-electron chi connectivity index (χ2n) is 4.94. The van der Waals surface area contributed by atoms with Crippen LogP contribution in [0, 0.1) is 11.7 Å². The molecule has 0 heterocycles. The van der Waals surface area contributed by atoms with Gasteiger partial charge < -0.3 is 10.0 Å². The Morgan fingerprint density at radius 1 is 1.35 bits per heavy atom. The summed E-state index contributed by atoms with van der Waals surface area (Å²) in [7, 11) is 1.91. The molecular weight excluding hydrogens is 217 g/mol. The van der Waals surface area contributed by atoms with E-state index in [4.69, 9.17) is 0 Å². The summed E-state index contributed by atoms with van der Waals surface area (Å²) < 4.78 is 13.8. The number of anilines is 1. The fourth-order valence-corrected chi connectivity index (χ4v) is 2.79. The zero-order valence-corrected chi connectivity index (χ0v) is 10.3. The smallest absolute Gasteiger partial charge is 0.146 e. The molecular formula is C14H20FNO. The lowest BCUT2D eigenvalue weighted by atomic mass is 10.1. The molecule has 1 aromatic carbocycles. The van der Waals surface area contributed by atoms with Crippen molar-refractivity contribution >= 4 is 5.69 Å². The van der Waals surface area contributed by atoms with Gasteiger partial charge in [-0.05, 0) is 24.8 Å². The first-order valence-electron chi connectivity index (χ1n) is 6.31. The number of benzene rings is 1. The van der Waals surface area contributed by atoms with Gasteiger partial charge in [-0.15, -0.1) is 0 Å². The minimum atomic E-state index is -0.239. The Balaban J connectivity index is 2.14. The largest absolute Gasteiger partial charge is 0.392 e. The Kier molecular flexibility index (Phi) is 4.00.